The number of carbonyl (C=O) groups excluding carboxylic acids is 1. The van der Waals surface area contributed by atoms with Gasteiger partial charge in [0.1, 0.15) is 0 Å². The SMILES string of the molecule is Cc1cc2cc(CNC(=O)Cc3cccc4ccccc34)ccc2n1C. The maximum atomic E-state index is 12.4. The summed E-state index contributed by atoms with van der Waals surface area (Å²) in [5.41, 5.74) is 4.63. The molecule has 0 atom stereocenters. The fraction of sp³-hybridized carbons (Fsp3) is 0.174. The highest BCUT2D eigenvalue weighted by Gasteiger charge is 2.08. The minimum atomic E-state index is 0.0469. The number of carbonyl (C=O) groups is 1. The Morgan fingerprint density at radius 2 is 1.77 bits per heavy atom. The average molecular weight is 342 g/mol. The number of fused-ring (bicyclic) bond motifs is 2. The molecule has 1 N–H and O–H groups in total. The van der Waals surface area contributed by atoms with Gasteiger partial charge >= 0.3 is 0 Å². The van der Waals surface area contributed by atoms with Crippen molar-refractivity contribution >= 4 is 27.6 Å². The van der Waals surface area contributed by atoms with Crippen molar-refractivity contribution in [3.63, 3.8) is 0 Å². The number of amides is 1. The van der Waals surface area contributed by atoms with Crippen LogP contribution in [-0.2, 0) is 24.8 Å². The van der Waals surface area contributed by atoms with Gasteiger partial charge in [0.25, 0.3) is 0 Å². The number of benzene rings is 3. The summed E-state index contributed by atoms with van der Waals surface area (Å²) in [5.74, 6) is 0.0469. The van der Waals surface area contributed by atoms with Gasteiger partial charge in [0.05, 0.1) is 6.42 Å². The van der Waals surface area contributed by atoms with Crippen molar-refractivity contribution in [3.8, 4) is 0 Å². The number of nitrogens with zero attached hydrogens (tertiary/aromatic N) is 1. The van der Waals surface area contributed by atoms with E-state index in [0.29, 0.717) is 13.0 Å². The Morgan fingerprint density at radius 3 is 2.65 bits per heavy atom. The zero-order valence-electron chi connectivity index (χ0n) is 15.1. The van der Waals surface area contributed by atoms with E-state index in [-0.39, 0.29) is 5.91 Å². The quantitative estimate of drug-likeness (QED) is 0.582. The molecule has 0 aliphatic carbocycles. The molecular formula is C23H22N2O. The van der Waals surface area contributed by atoms with Gasteiger partial charge < -0.3 is 9.88 Å². The molecule has 0 aliphatic heterocycles. The zero-order valence-corrected chi connectivity index (χ0v) is 15.1. The largest absolute Gasteiger partial charge is 0.352 e. The molecule has 4 aromatic rings. The van der Waals surface area contributed by atoms with E-state index in [1.807, 2.05) is 24.3 Å². The second kappa shape index (κ2) is 6.68. The summed E-state index contributed by atoms with van der Waals surface area (Å²) >= 11 is 0. The summed E-state index contributed by atoms with van der Waals surface area (Å²) in [6.07, 6.45) is 0.397. The van der Waals surface area contributed by atoms with Gasteiger partial charge in [-0.05, 0) is 47.0 Å². The van der Waals surface area contributed by atoms with Crippen molar-refractivity contribution in [3.05, 3.63) is 83.6 Å². The van der Waals surface area contributed by atoms with Crippen LogP contribution in [0.1, 0.15) is 16.8 Å². The highest BCUT2D eigenvalue weighted by Crippen LogP contribution is 2.20. The third-order valence-electron chi connectivity index (χ3n) is 5.07. The minimum absolute atomic E-state index is 0.0469. The second-order valence-corrected chi connectivity index (χ2v) is 6.83. The van der Waals surface area contributed by atoms with Crippen molar-refractivity contribution in [2.75, 3.05) is 0 Å². The van der Waals surface area contributed by atoms with Gasteiger partial charge in [0, 0.05) is 30.2 Å². The first-order valence-electron chi connectivity index (χ1n) is 8.90. The first-order chi connectivity index (χ1) is 12.6. The molecule has 0 unspecified atom stereocenters. The van der Waals surface area contributed by atoms with Crippen LogP contribution in [0.3, 0.4) is 0 Å². The number of aromatic nitrogens is 1. The van der Waals surface area contributed by atoms with E-state index in [4.69, 9.17) is 0 Å². The molecule has 1 aromatic heterocycles. The predicted molar refractivity (Wildman–Crippen MR) is 107 cm³/mol. The summed E-state index contributed by atoms with van der Waals surface area (Å²) in [4.78, 5) is 12.4. The molecule has 4 rings (SSSR count). The molecule has 130 valence electrons. The van der Waals surface area contributed by atoms with Crippen LogP contribution in [0.2, 0.25) is 0 Å². The third kappa shape index (κ3) is 3.08. The lowest BCUT2D eigenvalue weighted by Crippen LogP contribution is -2.24. The molecule has 0 radical (unpaired) electrons. The Morgan fingerprint density at radius 1 is 0.962 bits per heavy atom. The van der Waals surface area contributed by atoms with E-state index in [0.717, 1.165) is 16.5 Å². The lowest BCUT2D eigenvalue weighted by atomic mass is 10.0. The maximum Gasteiger partial charge on any atom is 0.224 e. The average Bonchev–Trinajstić information content (AvgIpc) is 2.94. The lowest BCUT2D eigenvalue weighted by molar-refractivity contribution is -0.120. The van der Waals surface area contributed by atoms with Crippen molar-refractivity contribution in [2.45, 2.75) is 19.9 Å². The van der Waals surface area contributed by atoms with E-state index in [1.165, 1.54) is 22.0 Å². The van der Waals surface area contributed by atoms with Crippen LogP contribution in [0.15, 0.2) is 66.7 Å². The lowest BCUT2D eigenvalue weighted by Gasteiger charge is -2.08. The molecule has 0 aliphatic rings. The van der Waals surface area contributed by atoms with Gasteiger partial charge in [-0.3, -0.25) is 4.79 Å². The molecule has 0 saturated carbocycles. The molecule has 0 fully saturated rings. The summed E-state index contributed by atoms with van der Waals surface area (Å²) in [6.45, 7) is 2.65. The Labute approximate surface area is 153 Å². The predicted octanol–water partition coefficient (Wildman–Crippen LogP) is 4.50. The summed E-state index contributed by atoms with van der Waals surface area (Å²) in [7, 11) is 2.07. The number of nitrogens with one attached hydrogen (secondary N) is 1. The van der Waals surface area contributed by atoms with Crippen molar-refractivity contribution in [1.82, 2.24) is 9.88 Å². The van der Waals surface area contributed by atoms with Crippen LogP contribution < -0.4 is 5.32 Å². The van der Waals surface area contributed by atoms with E-state index in [2.05, 4.69) is 66.3 Å². The Kier molecular flexibility index (Phi) is 4.21. The summed E-state index contributed by atoms with van der Waals surface area (Å²) < 4.78 is 2.18. The van der Waals surface area contributed by atoms with Crippen LogP contribution in [0.5, 0.6) is 0 Å². The third-order valence-corrected chi connectivity index (χ3v) is 5.07. The fourth-order valence-electron chi connectivity index (χ4n) is 3.53. The van der Waals surface area contributed by atoms with Crippen molar-refractivity contribution < 1.29 is 4.79 Å². The van der Waals surface area contributed by atoms with Gasteiger partial charge in [-0.1, -0.05) is 48.5 Å². The molecule has 0 bridgehead atoms. The number of rotatable bonds is 4. The van der Waals surface area contributed by atoms with E-state index >= 15 is 0 Å². The standard InChI is InChI=1S/C23H22N2O/c1-16-12-20-13-17(10-11-22(20)25(16)2)15-24-23(26)14-19-8-5-7-18-6-3-4-9-21(18)19/h3-13H,14-15H2,1-2H3,(H,24,26). The van der Waals surface area contributed by atoms with Gasteiger partial charge in [-0.25, -0.2) is 0 Å². The van der Waals surface area contributed by atoms with E-state index < -0.39 is 0 Å². The van der Waals surface area contributed by atoms with Crippen molar-refractivity contribution in [1.29, 1.82) is 0 Å². The van der Waals surface area contributed by atoms with Crippen molar-refractivity contribution in [2.24, 2.45) is 7.05 Å². The molecule has 1 heterocycles. The Hall–Kier alpha value is -3.07. The normalized spacial score (nSPS) is 11.2. The summed E-state index contributed by atoms with van der Waals surface area (Å²) in [6, 6.07) is 22.8. The fourth-order valence-corrected chi connectivity index (χ4v) is 3.53. The highest BCUT2D eigenvalue weighted by molar-refractivity contribution is 5.90. The van der Waals surface area contributed by atoms with Crippen LogP contribution in [-0.4, -0.2) is 10.5 Å². The smallest absolute Gasteiger partial charge is 0.224 e. The Bertz CT molecular complexity index is 1100. The number of hydrogen-bond acceptors (Lipinski definition) is 1. The first kappa shape index (κ1) is 16.4. The minimum Gasteiger partial charge on any atom is -0.352 e. The maximum absolute atomic E-state index is 12.4. The van der Waals surface area contributed by atoms with E-state index in [1.54, 1.807) is 0 Å². The first-order valence-corrected chi connectivity index (χ1v) is 8.90. The van der Waals surface area contributed by atoms with Crippen LogP contribution >= 0.6 is 0 Å². The number of aryl methyl sites for hydroxylation is 2. The second-order valence-electron chi connectivity index (χ2n) is 6.83. The molecule has 26 heavy (non-hydrogen) atoms. The van der Waals surface area contributed by atoms with Gasteiger partial charge in [-0.15, -0.1) is 0 Å². The molecule has 0 saturated heterocycles. The molecule has 1 amide bonds. The highest BCUT2D eigenvalue weighted by atomic mass is 16.1. The van der Waals surface area contributed by atoms with Crippen LogP contribution in [0.25, 0.3) is 21.7 Å². The van der Waals surface area contributed by atoms with Crippen LogP contribution in [0, 0.1) is 6.92 Å². The molecule has 3 heteroatoms. The summed E-state index contributed by atoms with van der Waals surface area (Å²) in [5, 5.41) is 6.58. The number of hydrogen-bond donors (Lipinski definition) is 1. The van der Waals surface area contributed by atoms with Gasteiger partial charge in [-0.2, -0.15) is 0 Å². The zero-order chi connectivity index (χ0) is 18.1. The van der Waals surface area contributed by atoms with Crippen LogP contribution in [0.4, 0.5) is 0 Å². The van der Waals surface area contributed by atoms with E-state index in [9.17, 15) is 4.79 Å². The Balaban J connectivity index is 1.47. The van der Waals surface area contributed by atoms with Gasteiger partial charge in [0.15, 0.2) is 0 Å². The topological polar surface area (TPSA) is 34.0 Å². The molecule has 0 spiro atoms. The van der Waals surface area contributed by atoms with Gasteiger partial charge in [0.2, 0.25) is 5.91 Å². The monoisotopic (exact) mass is 342 g/mol. The molecule has 3 nitrogen and oxygen atoms in total. The molecule has 3 aromatic carbocycles. The molecular weight excluding hydrogens is 320 g/mol.